The zero-order valence-electron chi connectivity index (χ0n) is 18.2. The number of thiazole rings is 1. The molecule has 0 aliphatic carbocycles. The number of thioether (sulfide) groups is 1. The van der Waals surface area contributed by atoms with Crippen LogP contribution in [-0.2, 0) is 4.79 Å². The Morgan fingerprint density at radius 2 is 1.77 bits per heavy atom. The molecule has 162 valence electrons. The molecular weight excluding hydrogens is 426 g/mol. The predicted octanol–water partition coefficient (Wildman–Crippen LogP) is 5.23. The molecule has 0 saturated heterocycles. The van der Waals surface area contributed by atoms with Crippen LogP contribution < -0.4 is 10.6 Å². The third-order valence-electron chi connectivity index (χ3n) is 4.94. The van der Waals surface area contributed by atoms with E-state index in [1.807, 2.05) is 17.7 Å². The molecule has 3 rings (SSSR count). The van der Waals surface area contributed by atoms with E-state index in [0.29, 0.717) is 17.1 Å². The summed E-state index contributed by atoms with van der Waals surface area (Å²) in [4.78, 5) is 30.1. The molecule has 2 amide bonds. The number of rotatable bonds is 8. The van der Waals surface area contributed by atoms with Gasteiger partial charge in [0.2, 0.25) is 5.91 Å². The zero-order valence-corrected chi connectivity index (χ0v) is 19.8. The van der Waals surface area contributed by atoms with Crippen molar-refractivity contribution >= 4 is 40.0 Å². The molecule has 0 saturated carbocycles. The Labute approximate surface area is 191 Å². The first kappa shape index (κ1) is 23.0. The second-order valence-corrected chi connectivity index (χ2v) is 9.32. The standard InChI is InChI=1S/C24H27N3O2S2/c1-15-12-16(2)21(17(3)13-15)20-14-31-24(26-20)27-23(29)19(10-11-30-4)25-22(28)18-8-6-5-7-9-18/h5-9,12-14,19H,10-11H2,1-4H3,(H,25,28)(H,26,27,29)/t19-/m0/s1. The Morgan fingerprint density at radius 1 is 1.10 bits per heavy atom. The van der Waals surface area contributed by atoms with Crippen LogP contribution in [0.4, 0.5) is 5.13 Å². The molecule has 1 aromatic heterocycles. The summed E-state index contributed by atoms with van der Waals surface area (Å²) in [5.41, 5.74) is 6.02. The molecule has 0 fully saturated rings. The van der Waals surface area contributed by atoms with Crippen LogP contribution in [0, 0.1) is 20.8 Å². The fourth-order valence-corrected chi connectivity index (χ4v) is 4.73. The highest BCUT2D eigenvalue weighted by Gasteiger charge is 2.22. The van der Waals surface area contributed by atoms with Gasteiger partial charge in [-0.25, -0.2) is 4.98 Å². The second-order valence-electron chi connectivity index (χ2n) is 7.47. The third kappa shape index (κ3) is 5.95. The molecule has 0 aliphatic rings. The average molecular weight is 454 g/mol. The van der Waals surface area contributed by atoms with Gasteiger partial charge in [0.1, 0.15) is 6.04 Å². The van der Waals surface area contributed by atoms with Gasteiger partial charge in [-0.05, 0) is 62.5 Å². The minimum atomic E-state index is -0.629. The molecule has 0 aliphatic heterocycles. The van der Waals surface area contributed by atoms with E-state index >= 15 is 0 Å². The van der Waals surface area contributed by atoms with Gasteiger partial charge < -0.3 is 10.6 Å². The topological polar surface area (TPSA) is 71.1 Å². The van der Waals surface area contributed by atoms with Crippen molar-refractivity contribution in [1.82, 2.24) is 10.3 Å². The predicted molar refractivity (Wildman–Crippen MR) is 131 cm³/mol. The fourth-order valence-electron chi connectivity index (χ4n) is 3.56. The monoisotopic (exact) mass is 453 g/mol. The molecule has 1 atom stereocenters. The van der Waals surface area contributed by atoms with Gasteiger partial charge in [0.05, 0.1) is 5.69 Å². The number of hydrogen-bond donors (Lipinski definition) is 2. The van der Waals surface area contributed by atoms with Crippen LogP contribution in [0.1, 0.15) is 33.5 Å². The van der Waals surface area contributed by atoms with Crippen LogP contribution in [0.3, 0.4) is 0 Å². The summed E-state index contributed by atoms with van der Waals surface area (Å²) in [5.74, 6) is 0.252. The minimum absolute atomic E-state index is 0.253. The molecule has 0 unspecified atom stereocenters. The SMILES string of the molecule is CSCC[C@H](NC(=O)c1ccccc1)C(=O)Nc1nc(-c2c(C)cc(C)cc2C)cs1. The number of nitrogens with one attached hydrogen (secondary N) is 2. The Kier molecular flexibility index (Phi) is 7.87. The van der Waals surface area contributed by atoms with Gasteiger partial charge in [-0.3, -0.25) is 9.59 Å². The second kappa shape index (κ2) is 10.6. The van der Waals surface area contributed by atoms with Crippen molar-refractivity contribution in [3.05, 3.63) is 70.1 Å². The number of anilines is 1. The maximum absolute atomic E-state index is 12.9. The van der Waals surface area contributed by atoms with Crippen molar-refractivity contribution in [1.29, 1.82) is 0 Å². The maximum Gasteiger partial charge on any atom is 0.251 e. The van der Waals surface area contributed by atoms with Crippen LogP contribution >= 0.6 is 23.1 Å². The lowest BCUT2D eigenvalue weighted by molar-refractivity contribution is -0.118. The van der Waals surface area contributed by atoms with Crippen LogP contribution in [0.25, 0.3) is 11.3 Å². The van der Waals surface area contributed by atoms with E-state index in [2.05, 4.69) is 48.5 Å². The van der Waals surface area contributed by atoms with E-state index in [-0.39, 0.29) is 11.8 Å². The maximum atomic E-state index is 12.9. The number of hydrogen-bond acceptors (Lipinski definition) is 5. The van der Waals surface area contributed by atoms with E-state index in [1.54, 1.807) is 36.0 Å². The number of aromatic nitrogens is 1. The number of benzene rings is 2. The largest absolute Gasteiger partial charge is 0.340 e. The first-order valence-corrected chi connectivity index (χ1v) is 12.4. The van der Waals surface area contributed by atoms with Crippen LogP contribution in [0.15, 0.2) is 47.8 Å². The number of aryl methyl sites for hydroxylation is 3. The van der Waals surface area contributed by atoms with Gasteiger partial charge >= 0.3 is 0 Å². The zero-order chi connectivity index (χ0) is 22.4. The Balaban J connectivity index is 1.74. The summed E-state index contributed by atoms with van der Waals surface area (Å²) in [5, 5.41) is 8.24. The van der Waals surface area contributed by atoms with E-state index in [9.17, 15) is 9.59 Å². The number of nitrogens with zero attached hydrogens (tertiary/aromatic N) is 1. The molecule has 5 nitrogen and oxygen atoms in total. The van der Waals surface area contributed by atoms with Gasteiger partial charge in [-0.15, -0.1) is 11.3 Å². The molecule has 0 radical (unpaired) electrons. The summed E-state index contributed by atoms with van der Waals surface area (Å²) in [6, 6.07) is 12.6. The molecule has 31 heavy (non-hydrogen) atoms. The summed E-state index contributed by atoms with van der Waals surface area (Å²) in [6.45, 7) is 6.23. The Morgan fingerprint density at radius 3 is 2.42 bits per heavy atom. The van der Waals surface area contributed by atoms with Crippen molar-refractivity contribution < 1.29 is 9.59 Å². The van der Waals surface area contributed by atoms with Gasteiger partial charge in [-0.1, -0.05) is 35.9 Å². The van der Waals surface area contributed by atoms with Crippen molar-refractivity contribution in [2.75, 3.05) is 17.3 Å². The summed E-state index contributed by atoms with van der Waals surface area (Å²) in [7, 11) is 0. The highest BCUT2D eigenvalue weighted by molar-refractivity contribution is 7.98. The number of carbonyl (C=O) groups is 2. The lowest BCUT2D eigenvalue weighted by Crippen LogP contribution is -2.44. The van der Waals surface area contributed by atoms with Gasteiger partial charge in [0.15, 0.2) is 5.13 Å². The summed E-state index contributed by atoms with van der Waals surface area (Å²) >= 11 is 3.03. The lowest BCUT2D eigenvalue weighted by Gasteiger charge is -2.17. The van der Waals surface area contributed by atoms with E-state index in [1.165, 1.54) is 16.9 Å². The smallest absolute Gasteiger partial charge is 0.251 e. The molecule has 7 heteroatoms. The molecular formula is C24H27N3O2S2. The van der Waals surface area contributed by atoms with Crippen LogP contribution in [0.5, 0.6) is 0 Å². The molecule has 3 aromatic rings. The van der Waals surface area contributed by atoms with Crippen molar-refractivity contribution in [3.63, 3.8) is 0 Å². The van der Waals surface area contributed by atoms with E-state index in [4.69, 9.17) is 0 Å². The van der Waals surface area contributed by atoms with Crippen molar-refractivity contribution in [2.24, 2.45) is 0 Å². The Hall–Kier alpha value is -2.64. The van der Waals surface area contributed by atoms with Crippen LogP contribution in [-0.4, -0.2) is 34.8 Å². The molecule has 2 aromatic carbocycles. The van der Waals surface area contributed by atoms with Crippen molar-refractivity contribution in [2.45, 2.75) is 33.2 Å². The van der Waals surface area contributed by atoms with E-state index < -0.39 is 6.04 Å². The number of amides is 2. The van der Waals surface area contributed by atoms with Gasteiger partial charge in [0, 0.05) is 16.5 Å². The lowest BCUT2D eigenvalue weighted by atomic mass is 9.98. The molecule has 0 bridgehead atoms. The van der Waals surface area contributed by atoms with Crippen molar-refractivity contribution in [3.8, 4) is 11.3 Å². The first-order valence-electron chi connectivity index (χ1n) is 10.1. The normalized spacial score (nSPS) is 11.7. The fraction of sp³-hybridized carbons (Fsp3) is 0.292. The quantitative estimate of drug-likeness (QED) is 0.490. The van der Waals surface area contributed by atoms with Gasteiger partial charge in [0.25, 0.3) is 5.91 Å². The minimum Gasteiger partial charge on any atom is -0.340 e. The summed E-state index contributed by atoms with van der Waals surface area (Å²) < 4.78 is 0. The number of carbonyl (C=O) groups excluding carboxylic acids is 2. The van der Waals surface area contributed by atoms with E-state index in [0.717, 1.165) is 28.1 Å². The molecule has 2 N–H and O–H groups in total. The van der Waals surface area contributed by atoms with Crippen LogP contribution in [0.2, 0.25) is 0 Å². The Bertz CT molecular complexity index is 1040. The van der Waals surface area contributed by atoms with Gasteiger partial charge in [-0.2, -0.15) is 11.8 Å². The highest BCUT2D eigenvalue weighted by Crippen LogP contribution is 2.31. The molecule has 1 heterocycles. The third-order valence-corrected chi connectivity index (χ3v) is 6.34. The average Bonchev–Trinajstić information content (AvgIpc) is 3.18. The molecule has 0 spiro atoms. The highest BCUT2D eigenvalue weighted by atomic mass is 32.2. The first-order chi connectivity index (χ1) is 14.9. The summed E-state index contributed by atoms with van der Waals surface area (Å²) in [6.07, 6.45) is 2.52.